The zero-order chi connectivity index (χ0) is 22.7. The first-order valence-corrected chi connectivity index (χ1v) is 10.0. The summed E-state index contributed by atoms with van der Waals surface area (Å²) in [6, 6.07) is 18.2. The molecule has 162 valence electrons. The van der Waals surface area contributed by atoms with Crippen LogP contribution in [0.1, 0.15) is 33.0 Å². The molecule has 1 aliphatic rings. The third-order valence-corrected chi connectivity index (χ3v) is 5.38. The van der Waals surface area contributed by atoms with Crippen molar-refractivity contribution in [2.24, 2.45) is 0 Å². The van der Waals surface area contributed by atoms with Gasteiger partial charge in [0.25, 0.3) is 0 Å². The molecule has 0 saturated heterocycles. The molecule has 0 aliphatic heterocycles. The molecule has 3 aromatic rings. The lowest BCUT2D eigenvalue weighted by atomic mass is 9.98. The summed E-state index contributed by atoms with van der Waals surface area (Å²) in [5.41, 5.74) is 4.42. The predicted octanol–water partition coefficient (Wildman–Crippen LogP) is 4.35. The van der Waals surface area contributed by atoms with E-state index in [1.54, 1.807) is 6.08 Å². The Morgan fingerprint density at radius 3 is 2.19 bits per heavy atom. The van der Waals surface area contributed by atoms with Crippen molar-refractivity contribution in [3.05, 3.63) is 89.0 Å². The summed E-state index contributed by atoms with van der Waals surface area (Å²) >= 11 is 0. The van der Waals surface area contributed by atoms with E-state index in [-0.39, 0.29) is 35.9 Å². The van der Waals surface area contributed by atoms with Gasteiger partial charge in [0, 0.05) is 24.1 Å². The van der Waals surface area contributed by atoms with Gasteiger partial charge in [0.1, 0.15) is 23.7 Å². The highest BCUT2D eigenvalue weighted by Gasteiger charge is 2.28. The quantitative estimate of drug-likeness (QED) is 0.461. The fourth-order valence-corrected chi connectivity index (χ4v) is 3.88. The lowest BCUT2D eigenvalue weighted by Crippen LogP contribution is -2.26. The molecule has 1 aliphatic carbocycles. The Hall–Kier alpha value is -4.26. The van der Waals surface area contributed by atoms with Gasteiger partial charge in [0.05, 0.1) is 0 Å². The Balaban J connectivity index is 1.35. The fraction of sp³-hybridized carbons (Fsp3) is 0.120. The maximum Gasteiger partial charge on any atom is 0.407 e. The van der Waals surface area contributed by atoms with Crippen molar-refractivity contribution in [2.45, 2.75) is 5.92 Å². The molecule has 0 heterocycles. The first-order valence-electron chi connectivity index (χ1n) is 10.0. The minimum atomic E-state index is -1.31. The van der Waals surface area contributed by atoms with E-state index in [0.29, 0.717) is 0 Å². The molecule has 7 nitrogen and oxygen atoms in total. The summed E-state index contributed by atoms with van der Waals surface area (Å²) in [5, 5.41) is 31.1. The number of hydrogen-bond donors (Lipinski definition) is 4. The van der Waals surface area contributed by atoms with Crippen molar-refractivity contribution in [3.8, 4) is 22.6 Å². The number of benzene rings is 3. The lowest BCUT2D eigenvalue weighted by molar-refractivity contribution is 0.0693. The molecule has 0 spiro atoms. The Bertz CT molecular complexity index is 1170. The lowest BCUT2D eigenvalue weighted by Gasteiger charge is -2.14. The van der Waals surface area contributed by atoms with Crippen molar-refractivity contribution in [2.75, 3.05) is 13.2 Å². The molecule has 0 bridgehead atoms. The number of hydrogen-bond acceptors (Lipinski definition) is 5. The van der Waals surface area contributed by atoms with Gasteiger partial charge in [0.2, 0.25) is 0 Å². The standard InChI is InChI=1S/C25H21NO6/c27-22-13-23(28)20(24(29)30)12-15(22)6-5-11-26-25(31)32-14-21-18-9-3-1-7-16(18)17-8-2-4-10-19(17)21/h1-10,12-13,21,27-28H,11,14H2,(H,26,31)(H,29,30). The van der Waals surface area contributed by atoms with Gasteiger partial charge >= 0.3 is 12.1 Å². The Labute approximate surface area is 184 Å². The van der Waals surface area contributed by atoms with E-state index in [2.05, 4.69) is 17.4 Å². The molecule has 32 heavy (non-hydrogen) atoms. The van der Waals surface area contributed by atoms with Crippen LogP contribution in [0, 0.1) is 0 Å². The van der Waals surface area contributed by atoms with Gasteiger partial charge in [-0.2, -0.15) is 0 Å². The third-order valence-electron chi connectivity index (χ3n) is 5.38. The zero-order valence-corrected chi connectivity index (χ0v) is 17.0. The van der Waals surface area contributed by atoms with Crippen molar-refractivity contribution in [3.63, 3.8) is 0 Å². The molecule has 7 heteroatoms. The van der Waals surface area contributed by atoms with Gasteiger partial charge in [0.15, 0.2) is 0 Å². The second-order valence-electron chi connectivity index (χ2n) is 7.34. The molecule has 0 unspecified atom stereocenters. The molecular formula is C25H21NO6. The number of fused-ring (bicyclic) bond motifs is 3. The number of aromatic hydroxyl groups is 2. The third kappa shape index (κ3) is 4.13. The van der Waals surface area contributed by atoms with Crippen LogP contribution < -0.4 is 5.32 Å². The highest BCUT2D eigenvalue weighted by molar-refractivity contribution is 5.92. The fourth-order valence-electron chi connectivity index (χ4n) is 3.88. The molecule has 0 fully saturated rings. The largest absolute Gasteiger partial charge is 0.507 e. The minimum Gasteiger partial charge on any atom is -0.507 e. The first kappa shape index (κ1) is 21.0. The van der Waals surface area contributed by atoms with Crippen molar-refractivity contribution in [1.29, 1.82) is 0 Å². The number of carboxylic acid groups (broad SMARTS) is 1. The predicted molar refractivity (Wildman–Crippen MR) is 119 cm³/mol. The maximum absolute atomic E-state index is 12.2. The number of phenolic OH excluding ortho intramolecular Hbond substituents is 1. The number of aromatic carboxylic acids is 1. The summed E-state index contributed by atoms with van der Waals surface area (Å²) in [6.45, 7) is 0.309. The Kier molecular flexibility index (Phi) is 5.81. The summed E-state index contributed by atoms with van der Waals surface area (Å²) in [5.74, 6) is -2.14. The van der Waals surface area contributed by atoms with Crippen LogP contribution in [0.5, 0.6) is 11.5 Å². The summed E-state index contributed by atoms with van der Waals surface area (Å²) in [6.07, 6.45) is 2.40. The average molecular weight is 431 g/mol. The summed E-state index contributed by atoms with van der Waals surface area (Å²) in [4.78, 5) is 23.3. The summed E-state index contributed by atoms with van der Waals surface area (Å²) < 4.78 is 5.44. The van der Waals surface area contributed by atoms with Gasteiger partial charge < -0.3 is 25.4 Å². The smallest absolute Gasteiger partial charge is 0.407 e. The monoisotopic (exact) mass is 431 g/mol. The van der Waals surface area contributed by atoms with Gasteiger partial charge in [-0.05, 0) is 28.3 Å². The molecule has 4 rings (SSSR count). The van der Waals surface area contributed by atoms with Crippen LogP contribution in [-0.4, -0.2) is 40.5 Å². The molecule has 0 saturated carbocycles. The number of ether oxygens (including phenoxy) is 1. The highest BCUT2D eigenvalue weighted by atomic mass is 16.5. The number of phenols is 2. The van der Waals surface area contributed by atoms with Crippen LogP contribution in [0.15, 0.2) is 66.7 Å². The van der Waals surface area contributed by atoms with Crippen LogP contribution in [0.4, 0.5) is 4.79 Å². The van der Waals surface area contributed by atoms with Gasteiger partial charge in [-0.25, -0.2) is 9.59 Å². The molecule has 0 radical (unpaired) electrons. The van der Waals surface area contributed by atoms with Crippen LogP contribution in [0.25, 0.3) is 17.2 Å². The van der Waals surface area contributed by atoms with Crippen LogP contribution in [-0.2, 0) is 4.74 Å². The molecule has 3 aromatic carbocycles. The topological polar surface area (TPSA) is 116 Å². The van der Waals surface area contributed by atoms with E-state index < -0.39 is 17.8 Å². The Morgan fingerprint density at radius 2 is 1.56 bits per heavy atom. The average Bonchev–Trinajstić information content (AvgIpc) is 3.10. The molecular weight excluding hydrogens is 410 g/mol. The number of amides is 1. The van der Waals surface area contributed by atoms with E-state index in [1.807, 2.05) is 36.4 Å². The van der Waals surface area contributed by atoms with Crippen LogP contribution in [0.3, 0.4) is 0 Å². The first-order chi connectivity index (χ1) is 15.5. The molecule has 1 amide bonds. The van der Waals surface area contributed by atoms with Gasteiger partial charge in [-0.3, -0.25) is 0 Å². The second-order valence-corrected chi connectivity index (χ2v) is 7.34. The maximum atomic E-state index is 12.2. The number of carbonyl (C=O) groups is 2. The molecule has 4 N–H and O–H groups in total. The summed E-state index contributed by atoms with van der Waals surface area (Å²) in [7, 11) is 0. The molecule has 0 atom stereocenters. The van der Waals surface area contributed by atoms with Gasteiger partial charge in [-0.1, -0.05) is 60.7 Å². The van der Waals surface area contributed by atoms with E-state index in [1.165, 1.54) is 6.08 Å². The Morgan fingerprint density at radius 1 is 0.938 bits per heavy atom. The van der Waals surface area contributed by atoms with E-state index in [9.17, 15) is 19.8 Å². The SMILES string of the molecule is O=C(NCC=Cc1cc(C(=O)O)c(O)cc1O)OCC1c2ccccc2-c2ccccc21. The number of carbonyl (C=O) groups excluding carboxylic acids is 1. The van der Waals surface area contributed by atoms with Crippen molar-refractivity contribution in [1.82, 2.24) is 5.32 Å². The second kappa shape index (κ2) is 8.85. The van der Waals surface area contributed by atoms with Crippen LogP contribution >= 0.6 is 0 Å². The van der Waals surface area contributed by atoms with Crippen LogP contribution in [0.2, 0.25) is 0 Å². The van der Waals surface area contributed by atoms with Gasteiger partial charge in [-0.15, -0.1) is 0 Å². The number of carboxylic acids is 1. The van der Waals surface area contributed by atoms with E-state index in [0.717, 1.165) is 34.4 Å². The number of nitrogens with one attached hydrogen (secondary N) is 1. The number of alkyl carbamates (subject to hydrolysis) is 1. The zero-order valence-electron chi connectivity index (χ0n) is 17.0. The molecule has 0 aromatic heterocycles. The van der Waals surface area contributed by atoms with Crippen molar-refractivity contribution < 1.29 is 29.6 Å². The highest BCUT2D eigenvalue weighted by Crippen LogP contribution is 2.44. The van der Waals surface area contributed by atoms with E-state index >= 15 is 0 Å². The number of rotatable bonds is 6. The normalized spacial score (nSPS) is 12.4. The minimum absolute atomic E-state index is 0.0351. The van der Waals surface area contributed by atoms with E-state index in [4.69, 9.17) is 9.84 Å². The van der Waals surface area contributed by atoms with Crippen molar-refractivity contribution >= 4 is 18.1 Å².